The predicted molar refractivity (Wildman–Crippen MR) is 47.0 cm³/mol. The van der Waals surface area contributed by atoms with Crippen molar-refractivity contribution in [1.29, 1.82) is 0 Å². The maximum atomic E-state index is 11.6. The first-order chi connectivity index (χ1) is 6.02. The Bertz CT molecular complexity index is 239. The van der Waals surface area contributed by atoms with E-state index >= 15 is 0 Å². The lowest BCUT2D eigenvalue weighted by Gasteiger charge is -2.19. The number of likely N-dealkylation sites (tertiary alicyclic amines) is 1. The summed E-state index contributed by atoms with van der Waals surface area (Å²) in [5.74, 6) is -0.532. The molecule has 0 aromatic rings. The number of nitrogens with zero attached hydrogens (tertiary/aromatic N) is 1. The molecule has 0 radical (unpaired) electrons. The number of hydrogen-bond acceptors (Lipinski definition) is 3. The van der Waals surface area contributed by atoms with Gasteiger partial charge in [0.15, 0.2) is 0 Å². The second kappa shape index (κ2) is 3.36. The summed E-state index contributed by atoms with van der Waals surface area (Å²) in [6, 6.07) is 0. The highest BCUT2D eigenvalue weighted by molar-refractivity contribution is 6.03. The summed E-state index contributed by atoms with van der Waals surface area (Å²) in [5, 5.41) is 0. The minimum atomic E-state index is -0.940. The van der Waals surface area contributed by atoms with Gasteiger partial charge in [0.1, 0.15) is 5.41 Å². The molecular weight excluding hydrogens is 170 g/mol. The number of esters is 1. The van der Waals surface area contributed by atoms with Crippen molar-refractivity contribution >= 4 is 11.9 Å². The van der Waals surface area contributed by atoms with E-state index in [0.717, 1.165) is 0 Å². The zero-order valence-electron chi connectivity index (χ0n) is 8.29. The van der Waals surface area contributed by atoms with Gasteiger partial charge in [-0.3, -0.25) is 9.59 Å². The fourth-order valence-electron chi connectivity index (χ4n) is 1.50. The Morgan fingerprint density at radius 1 is 1.69 bits per heavy atom. The van der Waals surface area contributed by atoms with Crippen LogP contribution in [0.1, 0.15) is 20.3 Å². The molecule has 13 heavy (non-hydrogen) atoms. The molecule has 0 aromatic heterocycles. The SMILES string of the molecule is CCOC(=O)[C@@]1(C)CCN(C)C1=O. The zero-order valence-corrected chi connectivity index (χ0v) is 8.29. The van der Waals surface area contributed by atoms with Crippen molar-refractivity contribution in [3.63, 3.8) is 0 Å². The highest BCUT2D eigenvalue weighted by atomic mass is 16.5. The summed E-state index contributed by atoms with van der Waals surface area (Å²) >= 11 is 0. The van der Waals surface area contributed by atoms with Crippen LogP contribution in [0, 0.1) is 5.41 Å². The minimum absolute atomic E-state index is 0.133. The van der Waals surface area contributed by atoms with Gasteiger partial charge >= 0.3 is 5.97 Å². The summed E-state index contributed by atoms with van der Waals surface area (Å²) in [5.41, 5.74) is -0.940. The normalized spacial score (nSPS) is 27.9. The summed E-state index contributed by atoms with van der Waals surface area (Å²) in [6.07, 6.45) is 0.557. The van der Waals surface area contributed by atoms with Gasteiger partial charge in [0.25, 0.3) is 0 Å². The standard InChI is InChI=1S/C9H15NO3/c1-4-13-8(12)9(2)5-6-10(3)7(9)11/h4-6H2,1-3H3/t9-/m0/s1. The molecule has 1 rings (SSSR count). The summed E-state index contributed by atoms with van der Waals surface area (Å²) < 4.78 is 4.86. The minimum Gasteiger partial charge on any atom is -0.465 e. The van der Waals surface area contributed by atoms with Crippen molar-refractivity contribution in [3.05, 3.63) is 0 Å². The van der Waals surface area contributed by atoms with Crippen LogP contribution < -0.4 is 0 Å². The van der Waals surface area contributed by atoms with Gasteiger partial charge in [-0.2, -0.15) is 0 Å². The van der Waals surface area contributed by atoms with Crippen molar-refractivity contribution in [2.75, 3.05) is 20.2 Å². The largest absolute Gasteiger partial charge is 0.465 e. The molecule has 1 aliphatic heterocycles. The average Bonchev–Trinajstić information content (AvgIpc) is 2.35. The van der Waals surface area contributed by atoms with E-state index in [4.69, 9.17) is 4.74 Å². The second-order valence-corrected chi connectivity index (χ2v) is 3.53. The summed E-state index contributed by atoms with van der Waals surface area (Å²) in [6.45, 7) is 4.35. The van der Waals surface area contributed by atoms with Crippen molar-refractivity contribution in [2.24, 2.45) is 5.41 Å². The molecule has 1 aliphatic rings. The van der Waals surface area contributed by atoms with Gasteiger partial charge < -0.3 is 9.64 Å². The van der Waals surface area contributed by atoms with E-state index in [1.54, 1.807) is 25.8 Å². The molecule has 0 N–H and O–H groups in total. The Labute approximate surface area is 77.8 Å². The van der Waals surface area contributed by atoms with Gasteiger partial charge in [-0.05, 0) is 20.3 Å². The van der Waals surface area contributed by atoms with Crippen LogP contribution in [0.2, 0.25) is 0 Å². The first kappa shape index (κ1) is 10.0. The monoisotopic (exact) mass is 185 g/mol. The van der Waals surface area contributed by atoms with E-state index in [1.807, 2.05) is 0 Å². The molecule has 0 saturated carbocycles. The van der Waals surface area contributed by atoms with Gasteiger partial charge in [-0.15, -0.1) is 0 Å². The Morgan fingerprint density at radius 3 is 2.69 bits per heavy atom. The van der Waals surface area contributed by atoms with E-state index in [-0.39, 0.29) is 5.91 Å². The van der Waals surface area contributed by atoms with Gasteiger partial charge in [0.05, 0.1) is 6.61 Å². The van der Waals surface area contributed by atoms with Crippen molar-refractivity contribution in [1.82, 2.24) is 4.90 Å². The van der Waals surface area contributed by atoms with Crippen LogP contribution in [0.15, 0.2) is 0 Å². The highest BCUT2D eigenvalue weighted by Crippen LogP contribution is 2.31. The maximum absolute atomic E-state index is 11.6. The molecule has 0 spiro atoms. The van der Waals surface area contributed by atoms with E-state index in [9.17, 15) is 9.59 Å². The third-order valence-corrected chi connectivity index (χ3v) is 2.49. The van der Waals surface area contributed by atoms with Crippen LogP contribution >= 0.6 is 0 Å². The molecule has 0 bridgehead atoms. The summed E-state index contributed by atoms with van der Waals surface area (Å²) in [4.78, 5) is 24.6. The molecule has 74 valence electrons. The Morgan fingerprint density at radius 2 is 2.31 bits per heavy atom. The maximum Gasteiger partial charge on any atom is 0.321 e. The van der Waals surface area contributed by atoms with Gasteiger partial charge in [-0.25, -0.2) is 0 Å². The topological polar surface area (TPSA) is 46.6 Å². The van der Waals surface area contributed by atoms with Gasteiger partial charge in [-0.1, -0.05) is 0 Å². The summed E-state index contributed by atoms with van der Waals surface area (Å²) in [7, 11) is 1.70. The lowest BCUT2D eigenvalue weighted by Crippen LogP contribution is -2.38. The van der Waals surface area contributed by atoms with Gasteiger partial charge in [0.2, 0.25) is 5.91 Å². The second-order valence-electron chi connectivity index (χ2n) is 3.53. The number of ether oxygens (including phenoxy) is 1. The molecule has 0 aromatic carbocycles. The Kier molecular flexibility index (Phi) is 2.59. The molecule has 0 unspecified atom stereocenters. The molecule has 1 saturated heterocycles. The van der Waals surface area contributed by atoms with Crippen molar-refractivity contribution < 1.29 is 14.3 Å². The Balaban J connectivity index is 2.77. The van der Waals surface area contributed by atoms with Gasteiger partial charge in [0, 0.05) is 13.6 Å². The number of rotatable bonds is 2. The van der Waals surface area contributed by atoms with E-state index in [2.05, 4.69) is 0 Å². The fourth-order valence-corrected chi connectivity index (χ4v) is 1.50. The molecule has 1 atom stereocenters. The van der Waals surface area contributed by atoms with Crippen LogP contribution in [0.25, 0.3) is 0 Å². The molecule has 1 amide bonds. The third kappa shape index (κ3) is 1.53. The molecule has 1 fully saturated rings. The molecule has 1 heterocycles. The number of carbonyl (C=O) groups excluding carboxylic acids is 2. The number of amides is 1. The van der Waals surface area contributed by atoms with E-state index < -0.39 is 11.4 Å². The van der Waals surface area contributed by atoms with Crippen molar-refractivity contribution in [2.45, 2.75) is 20.3 Å². The number of carbonyl (C=O) groups is 2. The van der Waals surface area contributed by atoms with Crippen LogP contribution in [0.4, 0.5) is 0 Å². The first-order valence-electron chi connectivity index (χ1n) is 4.45. The lowest BCUT2D eigenvalue weighted by atomic mass is 9.89. The van der Waals surface area contributed by atoms with Crippen LogP contribution in [-0.2, 0) is 14.3 Å². The predicted octanol–water partition coefficient (Wildman–Crippen LogP) is 0.418. The lowest BCUT2D eigenvalue weighted by molar-refractivity contribution is -0.159. The van der Waals surface area contributed by atoms with Crippen molar-refractivity contribution in [3.8, 4) is 0 Å². The van der Waals surface area contributed by atoms with Crippen LogP contribution in [-0.4, -0.2) is 37.0 Å². The Hall–Kier alpha value is -1.06. The van der Waals surface area contributed by atoms with Crippen LogP contribution in [0.3, 0.4) is 0 Å². The molecule has 4 heteroatoms. The number of hydrogen-bond donors (Lipinski definition) is 0. The molecule has 4 nitrogen and oxygen atoms in total. The molecular formula is C9H15NO3. The first-order valence-corrected chi connectivity index (χ1v) is 4.45. The van der Waals surface area contributed by atoms with Crippen LogP contribution in [0.5, 0.6) is 0 Å². The van der Waals surface area contributed by atoms with E-state index in [0.29, 0.717) is 19.6 Å². The highest BCUT2D eigenvalue weighted by Gasteiger charge is 2.48. The third-order valence-electron chi connectivity index (χ3n) is 2.49. The molecule has 0 aliphatic carbocycles. The zero-order chi connectivity index (χ0) is 10.1. The quantitative estimate of drug-likeness (QED) is 0.462. The average molecular weight is 185 g/mol. The van der Waals surface area contributed by atoms with E-state index in [1.165, 1.54) is 0 Å². The smallest absolute Gasteiger partial charge is 0.321 e. The fraction of sp³-hybridized carbons (Fsp3) is 0.778.